The predicted molar refractivity (Wildman–Crippen MR) is 253 cm³/mol. The Morgan fingerprint density at radius 1 is 0.525 bits per heavy atom. The molecule has 0 amide bonds. The molecule has 0 radical (unpaired) electrons. The number of anilines is 3. The van der Waals surface area contributed by atoms with E-state index in [-0.39, 0.29) is 5.41 Å². The number of fused-ring (bicyclic) bond motifs is 6. The summed E-state index contributed by atoms with van der Waals surface area (Å²) in [5, 5.41) is 0. The molecule has 0 fully saturated rings. The topological polar surface area (TPSA) is 3.24 Å². The first-order valence-corrected chi connectivity index (χ1v) is 22.7. The van der Waals surface area contributed by atoms with Gasteiger partial charge in [0.1, 0.15) is 0 Å². The van der Waals surface area contributed by atoms with E-state index >= 15 is 0 Å². The molecule has 61 heavy (non-hydrogen) atoms. The van der Waals surface area contributed by atoms with Gasteiger partial charge in [0.05, 0.1) is 0 Å². The molecule has 3 atom stereocenters. The minimum absolute atomic E-state index is 0.102. The van der Waals surface area contributed by atoms with Crippen LogP contribution in [0.2, 0.25) is 0 Å². The molecule has 0 saturated heterocycles. The fraction of sp³-hybridized carbons (Fsp3) is 0.200. The first kappa shape index (κ1) is 35.3. The van der Waals surface area contributed by atoms with Crippen LogP contribution in [-0.4, -0.2) is 0 Å². The molecule has 294 valence electrons. The van der Waals surface area contributed by atoms with Crippen LogP contribution in [0.3, 0.4) is 0 Å². The van der Waals surface area contributed by atoms with Crippen molar-refractivity contribution in [3.8, 4) is 11.1 Å². The minimum atomic E-state index is -0.102. The van der Waals surface area contributed by atoms with Crippen LogP contribution in [0, 0.1) is 5.92 Å². The van der Waals surface area contributed by atoms with Gasteiger partial charge in [0.15, 0.2) is 0 Å². The minimum Gasteiger partial charge on any atom is -0.310 e. The van der Waals surface area contributed by atoms with Gasteiger partial charge >= 0.3 is 0 Å². The molecule has 1 spiro atoms. The number of para-hydroxylation sites is 2. The molecule has 6 aromatic carbocycles. The third-order valence-corrected chi connectivity index (χ3v) is 15.6. The number of hydrogen-bond acceptors (Lipinski definition) is 1. The van der Waals surface area contributed by atoms with Crippen LogP contribution in [0.15, 0.2) is 209 Å². The van der Waals surface area contributed by atoms with E-state index in [2.05, 4.69) is 187 Å². The Morgan fingerprint density at radius 2 is 1.16 bits per heavy atom. The second-order valence-corrected chi connectivity index (χ2v) is 18.6. The molecule has 2 bridgehead atoms. The van der Waals surface area contributed by atoms with Crippen molar-refractivity contribution >= 4 is 23.1 Å². The van der Waals surface area contributed by atoms with Crippen molar-refractivity contribution in [3.63, 3.8) is 0 Å². The van der Waals surface area contributed by atoms with Gasteiger partial charge in [-0.2, -0.15) is 0 Å². The van der Waals surface area contributed by atoms with Gasteiger partial charge in [-0.1, -0.05) is 168 Å². The smallest absolute Gasteiger partial charge is 0.0465 e. The third-order valence-electron chi connectivity index (χ3n) is 15.6. The van der Waals surface area contributed by atoms with E-state index in [1.54, 1.807) is 39.0 Å². The second kappa shape index (κ2) is 13.8. The van der Waals surface area contributed by atoms with Crippen molar-refractivity contribution in [2.75, 3.05) is 4.90 Å². The van der Waals surface area contributed by atoms with Crippen molar-refractivity contribution in [1.82, 2.24) is 0 Å². The first-order valence-electron chi connectivity index (χ1n) is 22.7. The Kier molecular flexibility index (Phi) is 7.99. The monoisotopic (exact) mass is 783 g/mol. The fourth-order valence-corrected chi connectivity index (χ4v) is 12.9. The highest BCUT2D eigenvalue weighted by atomic mass is 15.1. The largest absolute Gasteiger partial charge is 0.310 e. The highest BCUT2D eigenvalue weighted by Gasteiger charge is 2.49. The number of hydrogen-bond donors (Lipinski definition) is 0. The van der Waals surface area contributed by atoms with Gasteiger partial charge in [-0.05, 0) is 155 Å². The molecule has 8 aliphatic rings. The Bertz CT molecular complexity index is 2920. The van der Waals surface area contributed by atoms with Crippen LogP contribution in [0.25, 0.3) is 17.2 Å². The molecule has 8 aliphatic carbocycles. The number of allylic oxidation sites excluding steroid dienone is 11. The summed E-state index contributed by atoms with van der Waals surface area (Å²) < 4.78 is 0. The summed E-state index contributed by atoms with van der Waals surface area (Å²) in [6, 6.07) is 54.7. The maximum atomic E-state index is 2.53. The van der Waals surface area contributed by atoms with E-state index in [0.29, 0.717) is 17.8 Å². The highest BCUT2D eigenvalue weighted by Crippen LogP contribution is 2.63. The Balaban J connectivity index is 0.799. The molecule has 0 aliphatic heterocycles. The molecule has 3 unspecified atom stereocenters. The van der Waals surface area contributed by atoms with Crippen molar-refractivity contribution in [2.45, 2.75) is 68.6 Å². The van der Waals surface area contributed by atoms with Crippen LogP contribution in [0.5, 0.6) is 0 Å². The van der Waals surface area contributed by atoms with Crippen molar-refractivity contribution in [3.05, 3.63) is 248 Å². The molecule has 6 aromatic rings. The third kappa shape index (κ3) is 5.46. The van der Waals surface area contributed by atoms with Gasteiger partial charge in [0, 0.05) is 34.3 Å². The summed E-state index contributed by atoms with van der Waals surface area (Å²) in [6.45, 7) is 0. The summed E-state index contributed by atoms with van der Waals surface area (Å²) >= 11 is 0. The van der Waals surface area contributed by atoms with Crippen molar-refractivity contribution in [1.29, 1.82) is 0 Å². The highest BCUT2D eigenvalue weighted by molar-refractivity contribution is 5.87. The number of benzene rings is 6. The Labute approximate surface area is 360 Å². The Morgan fingerprint density at radius 3 is 1.87 bits per heavy atom. The van der Waals surface area contributed by atoms with E-state index in [1.807, 2.05) is 0 Å². The van der Waals surface area contributed by atoms with Gasteiger partial charge in [-0.25, -0.2) is 0 Å². The molecule has 0 heterocycles. The molecule has 0 saturated carbocycles. The first-order chi connectivity index (χ1) is 30.2. The second-order valence-electron chi connectivity index (χ2n) is 18.6. The average molecular weight is 784 g/mol. The molecule has 0 aromatic heterocycles. The summed E-state index contributed by atoms with van der Waals surface area (Å²) in [6.07, 6.45) is 23.9. The summed E-state index contributed by atoms with van der Waals surface area (Å²) in [5.74, 6) is 1.66. The predicted octanol–water partition coefficient (Wildman–Crippen LogP) is 15.1. The molecule has 0 N–H and O–H groups in total. The lowest BCUT2D eigenvalue weighted by Crippen LogP contribution is -2.27. The lowest BCUT2D eigenvalue weighted by atomic mass is 9.60. The van der Waals surface area contributed by atoms with Gasteiger partial charge in [-0.15, -0.1) is 0 Å². The lowest BCUT2D eigenvalue weighted by Gasteiger charge is -2.44. The van der Waals surface area contributed by atoms with Gasteiger partial charge in [-0.3, -0.25) is 0 Å². The zero-order valence-corrected chi connectivity index (χ0v) is 34.7. The van der Waals surface area contributed by atoms with Gasteiger partial charge in [0.25, 0.3) is 0 Å². The molecular formula is C60H49N. The lowest BCUT2D eigenvalue weighted by molar-refractivity contribution is 0.563. The Hall–Kier alpha value is -6.44. The standard InChI is InChI=1S/C60H49N/c1-3-15-45(16-4-1)61(46-17-5-2-6-18-46)47-30-32-49-48-31-27-40(33-56(48)60(57(49)36-47)37-42-13-7-8-14-43(42)38-60)24-23-39-25-28-41(29-26-39)44-34-54-55(35-44)59-51-20-10-9-19-50(51)58(54)52-21-11-12-22-53(52)59/h1-11,13-21,23-25,27-28,30-33,36,44,58-59H,12,22,26,29,34-35,37-38H2/b24-23+. The van der Waals surface area contributed by atoms with Gasteiger partial charge in [0.2, 0.25) is 0 Å². The van der Waals surface area contributed by atoms with Crippen LogP contribution >= 0.6 is 0 Å². The molecule has 1 heteroatoms. The normalized spacial score (nSPS) is 22.1. The van der Waals surface area contributed by atoms with Crippen LogP contribution in [0.4, 0.5) is 17.1 Å². The average Bonchev–Trinajstić information content (AvgIpc) is 4.02. The van der Waals surface area contributed by atoms with Gasteiger partial charge < -0.3 is 4.90 Å². The van der Waals surface area contributed by atoms with Crippen LogP contribution < -0.4 is 4.90 Å². The molecule has 14 rings (SSSR count). The molecular weight excluding hydrogens is 735 g/mol. The van der Waals surface area contributed by atoms with Crippen molar-refractivity contribution < 1.29 is 0 Å². The molecule has 1 nitrogen and oxygen atoms in total. The van der Waals surface area contributed by atoms with Crippen LogP contribution in [-0.2, 0) is 18.3 Å². The van der Waals surface area contributed by atoms with E-state index < -0.39 is 0 Å². The summed E-state index contributed by atoms with van der Waals surface area (Å²) in [7, 11) is 0. The summed E-state index contributed by atoms with van der Waals surface area (Å²) in [5.41, 5.74) is 26.6. The number of rotatable bonds is 6. The van der Waals surface area contributed by atoms with E-state index in [1.165, 1.54) is 93.7 Å². The SMILES string of the molecule is C1=CC2=C(CC1)C1C3=C(CC(C4=CC=C(/C=C/c5ccc6c(c5)C5(Cc7ccccc7C5)c5cc(N(c7ccccc7)c7ccccc7)ccc5-6)CC4)C3)C2c2ccccc21. The zero-order chi connectivity index (χ0) is 40.1. The quantitative estimate of drug-likeness (QED) is 0.152. The van der Waals surface area contributed by atoms with E-state index in [0.717, 1.165) is 19.3 Å². The van der Waals surface area contributed by atoms with E-state index in [9.17, 15) is 0 Å². The van der Waals surface area contributed by atoms with Crippen LogP contribution in [0.1, 0.15) is 89.3 Å². The number of nitrogens with zero attached hydrogens (tertiary/aromatic N) is 1. The zero-order valence-electron chi connectivity index (χ0n) is 34.7. The maximum Gasteiger partial charge on any atom is 0.0465 e. The maximum absolute atomic E-state index is 2.53. The fourth-order valence-electron chi connectivity index (χ4n) is 12.9. The van der Waals surface area contributed by atoms with E-state index in [4.69, 9.17) is 0 Å². The summed E-state index contributed by atoms with van der Waals surface area (Å²) in [4.78, 5) is 2.41. The van der Waals surface area contributed by atoms with Crippen molar-refractivity contribution in [2.24, 2.45) is 5.92 Å².